The smallest absolute Gasteiger partial charge is 0.240 e. The van der Waals surface area contributed by atoms with Crippen molar-refractivity contribution < 1.29 is 14.4 Å². The Morgan fingerprint density at radius 3 is 2.39 bits per heavy atom. The lowest BCUT2D eigenvalue weighted by atomic mass is 9.84. The van der Waals surface area contributed by atoms with Gasteiger partial charge in [-0.05, 0) is 42.3 Å². The van der Waals surface area contributed by atoms with Crippen LogP contribution in [0.15, 0.2) is 53.6 Å². The minimum absolute atomic E-state index is 0.173. The van der Waals surface area contributed by atoms with Crippen LogP contribution in [0.2, 0.25) is 5.02 Å². The molecule has 2 aromatic rings. The van der Waals surface area contributed by atoms with Gasteiger partial charge in [0, 0.05) is 5.02 Å². The Morgan fingerprint density at radius 2 is 1.68 bits per heavy atom. The Hall–Kier alpha value is -2.99. The number of hydrazone groups is 1. The first-order chi connectivity index (χ1) is 13.5. The molecular formula is C21H16ClN3O3. The third kappa shape index (κ3) is 2.21. The van der Waals surface area contributed by atoms with Crippen LogP contribution in [0, 0.1) is 11.8 Å². The van der Waals surface area contributed by atoms with Gasteiger partial charge in [-0.2, -0.15) is 5.10 Å². The maximum atomic E-state index is 13.4. The molecule has 140 valence electrons. The molecule has 0 spiro atoms. The van der Waals surface area contributed by atoms with Crippen molar-refractivity contribution in [1.29, 1.82) is 0 Å². The fourth-order valence-corrected chi connectivity index (χ4v) is 4.80. The maximum Gasteiger partial charge on any atom is 0.240 e. The van der Waals surface area contributed by atoms with E-state index in [9.17, 15) is 14.4 Å². The van der Waals surface area contributed by atoms with Crippen LogP contribution in [0.1, 0.15) is 24.1 Å². The Morgan fingerprint density at radius 1 is 1.00 bits per heavy atom. The number of amides is 2. The largest absolute Gasteiger partial charge is 0.298 e. The Kier molecular flexibility index (Phi) is 3.67. The Labute approximate surface area is 166 Å². The van der Waals surface area contributed by atoms with Crippen LogP contribution in [0.5, 0.6) is 0 Å². The van der Waals surface area contributed by atoms with E-state index in [1.807, 2.05) is 24.3 Å². The highest BCUT2D eigenvalue weighted by atomic mass is 35.5. The summed E-state index contributed by atoms with van der Waals surface area (Å²) in [6.07, 6.45) is 1.69. The van der Waals surface area contributed by atoms with Crippen LogP contribution in [-0.2, 0) is 14.4 Å². The second-order valence-corrected chi connectivity index (χ2v) is 7.73. The van der Waals surface area contributed by atoms with E-state index in [1.54, 1.807) is 35.5 Å². The molecule has 3 aliphatic rings. The lowest BCUT2D eigenvalue weighted by molar-refractivity contribution is -0.129. The monoisotopic (exact) mass is 393 g/mol. The van der Waals surface area contributed by atoms with Crippen molar-refractivity contribution in [2.24, 2.45) is 16.9 Å². The van der Waals surface area contributed by atoms with Crippen molar-refractivity contribution in [3.05, 3.63) is 64.7 Å². The second-order valence-electron chi connectivity index (χ2n) is 7.29. The van der Waals surface area contributed by atoms with Crippen LogP contribution in [-0.4, -0.2) is 34.9 Å². The first-order valence-corrected chi connectivity index (χ1v) is 9.42. The zero-order valence-corrected chi connectivity index (χ0v) is 15.7. The molecular weight excluding hydrogens is 378 g/mol. The van der Waals surface area contributed by atoms with E-state index in [0.29, 0.717) is 10.7 Å². The number of carbonyl (C=O) groups is 3. The predicted molar refractivity (Wildman–Crippen MR) is 104 cm³/mol. The van der Waals surface area contributed by atoms with Gasteiger partial charge in [0.25, 0.3) is 0 Å². The van der Waals surface area contributed by atoms with Gasteiger partial charge in [0.15, 0.2) is 5.78 Å². The summed E-state index contributed by atoms with van der Waals surface area (Å²) in [6.45, 7) is 1.45. The number of hydrogen-bond acceptors (Lipinski definition) is 5. The Bertz CT molecular complexity index is 1050. The summed E-state index contributed by atoms with van der Waals surface area (Å²) >= 11 is 5.94. The molecule has 2 aromatic carbocycles. The topological polar surface area (TPSA) is 70.0 Å². The SMILES string of the molecule is CC(=O)C1C2C(=O)N(c3ccc(Cl)cc3)C(=O)C2C2c3ccccc3C=NN12. The molecule has 0 N–H and O–H groups in total. The number of halogens is 1. The van der Waals surface area contributed by atoms with Gasteiger partial charge in [-0.15, -0.1) is 0 Å². The molecule has 2 amide bonds. The molecule has 4 unspecified atom stereocenters. The van der Waals surface area contributed by atoms with E-state index in [0.717, 1.165) is 11.1 Å². The van der Waals surface area contributed by atoms with Gasteiger partial charge in [-0.25, -0.2) is 4.90 Å². The molecule has 28 heavy (non-hydrogen) atoms. The quantitative estimate of drug-likeness (QED) is 0.736. The van der Waals surface area contributed by atoms with E-state index in [4.69, 9.17) is 11.6 Å². The maximum absolute atomic E-state index is 13.4. The van der Waals surface area contributed by atoms with Crippen LogP contribution >= 0.6 is 11.6 Å². The molecule has 5 rings (SSSR count). The minimum Gasteiger partial charge on any atom is -0.298 e. The summed E-state index contributed by atoms with van der Waals surface area (Å²) in [5.41, 5.74) is 2.28. The van der Waals surface area contributed by atoms with Gasteiger partial charge in [0.05, 0.1) is 29.8 Å². The summed E-state index contributed by atoms with van der Waals surface area (Å²) in [6, 6.07) is 13.0. The molecule has 7 heteroatoms. The van der Waals surface area contributed by atoms with Gasteiger partial charge in [-0.1, -0.05) is 35.9 Å². The average Bonchev–Trinajstić information content (AvgIpc) is 3.16. The second kappa shape index (κ2) is 6.01. The summed E-state index contributed by atoms with van der Waals surface area (Å²) in [7, 11) is 0. The number of hydrogen-bond donors (Lipinski definition) is 0. The molecule has 3 aliphatic heterocycles. The van der Waals surface area contributed by atoms with Crippen molar-refractivity contribution in [3.63, 3.8) is 0 Å². The van der Waals surface area contributed by atoms with Crippen molar-refractivity contribution in [2.45, 2.75) is 19.0 Å². The van der Waals surface area contributed by atoms with Crippen LogP contribution in [0.3, 0.4) is 0 Å². The third-order valence-corrected chi connectivity index (χ3v) is 6.05. The fourth-order valence-electron chi connectivity index (χ4n) is 4.67. The van der Waals surface area contributed by atoms with E-state index in [1.165, 1.54) is 11.8 Å². The number of anilines is 1. The lowest BCUT2D eigenvalue weighted by Crippen LogP contribution is -2.43. The molecule has 0 bridgehead atoms. The molecule has 6 nitrogen and oxygen atoms in total. The number of benzene rings is 2. The van der Waals surface area contributed by atoms with Gasteiger partial charge >= 0.3 is 0 Å². The van der Waals surface area contributed by atoms with Crippen molar-refractivity contribution in [2.75, 3.05) is 4.90 Å². The minimum atomic E-state index is -0.756. The molecule has 2 saturated heterocycles. The standard InChI is InChI=1S/C21H16ClN3O3/c1-11(26)18-16-17(19-15-5-3-2-4-12(15)10-23-25(18)19)21(28)24(20(16)27)14-8-6-13(22)7-9-14/h2-10,16-19H,1H3. The molecule has 0 aromatic heterocycles. The number of rotatable bonds is 2. The molecule has 2 fully saturated rings. The zero-order valence-electron chi connectivity index (χ0n) is 14.9. The van der Waals surface area contributed by atoms with E-state index in [-0.39, 0.29) is 17.6 Å². The summed E-state index contributed by atoms with van der Waals surface area (Å²) in [5.74, 6) is -2.25. The van der Waals surface area contributed by atoms with Gasteiger partial charge in [0.1, 0.15) is 6.04 Å². The predicted octanol–water partition coefficient (Wildman–Crippen LogP) is 2.81. The van der Waals surface area contributed by atoms with Crippen molar-refractivity contribution in [1.82, 2.24) is 5.01 Å². The number of ketones is 1. The lowest BCUT2D eigenvalue weighted by Gasteiger charge is -2.33. The molecule has 0 radical (unpaired) electrons. The zero-order chi connectivity index (χ0) is 19.6. The van der Waals surface area contributed by atoms with Crippen LogP contribution in [0.4, 0.5) is 5.69 Å². The number of fused-ring (bicyclic) bond motifs is 5. The summed E-state index contributed by atoms with van der Waals surface area (Å²) < 4.78 is 0. The molecule has 3 heterocycles. The summed E-state index contributed by atoms with van der Waals surface area (Å²) in [4.78, 5) is 40.4. The van der Waals surface area contributed by atoms with Gasteiger partial charge in [-0.3, -0.25) is 19.4 Å². The van der Waals surface area contributed by atoms with E-state index < -0.39 is 23.9 Å². The van der Waals surface area contributed by atoms with Gasteiger partial charge in [0.2, 0.25) is 11.8 Å². The molecule has 4 atom stereocenters. The van der Waals surface area contributed by atoms with Crippen molar-refractivity contribution in [3.8, 4) is 0 Å². The molecule has 0 aliphatic carbocycles. The molecule has 0 saturated carbocycles. The van der Waals surface area contributed by atoms with E-state index >= 15 is 0 Å². The number of nitrogens with zero attached hydrogens (tertiary/aromatic N) is 3. The summed E-state index contributed by atoms with van der Waals surface area (Å²) in [5, 5.41) is 6.61. The first-order valence-electron chi connectivity index (χ1n) is 9.04. The Balaban J connectivity index is 1.65. The highest BCUT2D eigenvalue weighted by Crippen LogP contribution is 2.52. The fraction of sp³-hybridized carbons (Fsp3) is 0.238. The number of imide groups is 1. The van der Waals surface area contributed by atoms with Gasteiger partial charge < -0.3 is 0 Å². The van der Waals surface area contributed by atoms with Crippen LogP contribution < -0.4 is 4.90 Å². The number of carbonyl (C=O) groups excluding carboxylic acids is 3. The normalized spacial score (nSPS) is 27.6. The average molecular weight is 394 g/mol. The van der Waals surface area contributed by atoms with Crippen LogP contribution in [0.25, 0.3) is 0 Å². The van der Waals surface area contributed by atoms with Crippen molar-refractivity contribution >= 4 is 41.1 Å². The number of Topliss-reactive ketones (excluding diaryl/α,β-unsaturated/α-hetero) is 1. The third-order valence-electron chi connectivity index (χ3n) is 5.79. The van der Waals surface area contributed by atoms with E-state index in [2.05, 4.69) is 5.10 Å². The first kappa shape index (κ1) is 17.1. The highest BCUT2D eigenvalue weighted by Gasteiger charge is 2.64. The highest BCUT2D eigenvalue weighted by molar-refractivity contribution is 6.31.